The highest BCUT2D eigenvalue weighted by Crippen LogP contribution is 2.14. The Balaban J connectivity index is 2.30. The Hall–Kier alpha value is -0.630. The molecule has 1 rings (SSSR count). The van der Waals surface area contributed by atoms with Crippen molar-refractivity contribution in [2.75, 3.05) is 13.1 Å². The third kappa shape index (κ3) is 2.15. The highest BCUT2D eigenvalue weighted by molar-refractivity contribution is 5.58. The van der Waals surface area contributed by atoms with Crippen LogP contribution in [0.15, 0.2) is 12.7 Å². The number of carbonyl (C=O) groups is 1. The molecular formula is C9H15NO. The lowest BCUT2D eigenvalue weighted by Gasteiger charge is -2.18. The van der Waals surface area contributed by atoms with Gasteiger partial charge in [0.25, 0.3) is 0 Å². The molecule has 11 heavy (non-hydrogen) atoms. The normalized spacial score (nSPS) is 25.3. The van der Waals surface area contributed by atoms with Gasteiger partial charge in [0.2, 0.25) is 0 Å². The summed E-state index contributed by atoms with van der Waals surface area (Å²) in [7, 11) is 0. The number of likely N-dealkylation sites (tertiary alicyclic amines) is 1. The molecule has 0 aromatic rings. The first-order valence-electron chi connectivity index (χ1n) is 4.18. The van der Waals surface area contributed by atoms with Gasteiger partial charge in [0.1, 0.15) is 6.29 Å². The first kappa shape index (κ1) is 8.47. The van der Waals surface area contributed by atoms with Gasteiger partial charge in [0, 0.05) is 6.54 Å². The van der Waals surface area contributed by atoms with Gasteiger partial charge >= 0.3 is 0 Å². The highest BCUT2D eigenvalue weighted by Gasteiger charge is 2.22. The molecule has 1 fully saturated rings. The number of aldehydes is 1. The standard InChI is InChI=1S/C9H15NO/c1-2-3-6-10-7-4-5-9(10)8-11/h2,8-9H,1,3-7H2/t9-/m1/s1. The van der Waals surface area contributed by atoms with Gasteiger partial charge in [-0.15, -0.1) is 6.58 Å². The van der Waals surface area contributed by atoms with E-state index in [1.54, 1.807) is 0 Å². The number of rotatable bonds is 4. The molecule has 0 unspecified atom stereocenters. The Morgan fingerprint density at radius 2 is 2.45 bits per heavy atom. The zero-order valence-electron chi connectivity index (χ0n) is 6.83. The van der Waals surface area contributed by atoms with Gasteiger partial charge in [-0.2, -0.15) is 0 Å². The van der Waals surface area contributed by atoms with Crippen LogP contribution in [0.5, 0.6) is 0 Å². The molecule has 1 atom stereocenters. The van der Waals surface area contributed by atoms with Crippen molar-refractivity contribution in [1.29, 1.82) is 0 Å². The second-order valence-electron chi connectivity index (χ2n) is 2.96. The van der Waals surface area contributed by atoms with E-state index in [4.69, 9.17) is 0 Å². The average Bonchev–Trinajstić information content (AvgIpc) is 2.47. The molecule has 0 aromatic carbocycles. The Morgan fingerprint density at radius 1 is 1.64 bits per heavy atom. The molecule has 2 heteroatoms. The van der Waals surface area contributed by atoms with E-state index in [1.165, 1.54) is 6.42 Å². The van der Waals surface area contributed by atoms with E-state index in [0.29, 0.717) is 0 Å². The fourth-order valence-electron chi connectivity index (χ4n) is 1.54. The first-order valence-corrected chi connectivity index (χ1v) is 4.18. The van der Waals surface area contributed by atoms with Crippen LogP contribution in [0.4, 0.5) is 0 Å². The second-order valence-corrected chi connectivity index (χ2v) is 2.96. The molecule has 0 bridgehead atoms. The van der Waals surface area contributed by atoms with Crippen molar-refractivity contribution in [3.8, 4) is 0 Å². The molecule has 1 aliphatic heterocycles. The summed E-state index contributed by atoms with van der Waals surface area (Å²) in [5.41, 5.74) is 0. The first-order chi connectivity index (χ1) is 5.38. The minimum Gasteiger partial charge on any atom is -0.302 e. The van der Waals surface area contributed by atoms with Crippen LogP contribution in [0.1, 0.15) is 19.3 Å². The van der Waals surface area contributed by atoms with Crippen molar-refractivity contribution in [1.82, 2.24) is 4.90 Å². The average molecular weight is 153 g/mol. The second kappa shape index (κ2) is 4.29. The summed E-state index contributed by atoms with van der Waals surface area (Å²) >= 11 is 0. The van der Waals surface area contributed by atoms with Gasteiger partial charge in [-0.3, -0.25) is 4.90 Å². The molecule has 0 amide bonds. The lowest BCUT2D eigenvalue weighted by atomic mass is 10.2. The molecule has 1 saturated heterocycles. The van der Waals surface area contributed by atoms with Crippen LogP contribution in [0.2, 0.25) is 0 Å². The molecule has 2 nitrogen and oxygen atoms in total. The van der Waals surface area contributed by atoms with Crippen molar-refractivity contribution in [2.24, 2.45) is 0 Å². The van der Waals surface area contributed by atoms with Gasteiger partial charge in [-0.05, 0) is 25.8 Å². The molecule has 0 saturated carbocycles. The minimum absolute atomic E-state index is 0.190. The third-order valence-corrected chi connectivity index (χ3v) is 2.19. The van der Waals surface area contributed by atoms with Crippen LogP contribution in [0.3, 0.4) is 0 Å². The molecule has 0 aliphatic carbocycles. The van der Waals surface area contributed by atoms with Crippen LogP contribution in [0.25, 0.3) is 0 Å². The van der Waals surface area contributed by atoms with Gasteiger partial charge in [0.05, 0.1) is 6.04 Å². The van der Waals surface area contributed by atoms with Crippen LogP contribution in [0, 0.1) is 0 Å². The van der Waals surface area contributed by atoms with E-state index in [9.17, 15) is 4.79 Å². The topological polar surface area (TPSA) is 20.3 Å². The van der Waals surface area contributed by atoms with Crippen molar-refractivity contribution < 1.29 is 4.79 Å². The van der Waals surface area contributed by atoms with E-state index in [-0.39, 0.29) is 6.04 Å². The maximum Gasteiger partial charge on any atom is 0.137 e. The summed E-state index contributed by atoms with van der Waals surface area (Å²) < 4.78 is 0. The molecule has 1 heterocycles. The Bertz CT molecular complexity index is 144. The van der Waals surface area contributed by atoms with E-state index in [0.717, 1.165) is 32.2 Å². The van der Waals surface area contributed by atoms with Gasteiger partial charge in [0.15, 0.2) is 0 Å². The van der Waals surface area contributed by atoms with Crippen molar-refractivity contribution in [3.05, 3.63) is 12.7 Å². The SMILES string of the molecule is C=CCCN1CCC[C@@H]1C=O. The number of nitrogens with zero attached hydrogens (tertiary/aromatic N) is 1. The van der Waals surface area contributed by atoms with Crippen LogP contribution in [-0.4, -0.2) is 30.3 Å². The number of carbonyl (C=O) groups excluding carboxylic acids is 1. The minimum atomic E-state index is 0.190. The third-order valence-electron chi connectivity index (χ3n) is 2.19. The van der Waals surface area contributed by atoms with Gasteiger partial charge in [-0.25, -0.2) is 0 Å². The summed E-state index contributed by atoms with van der Waals surface area (Å²) in [6.07, 6.45) is 6.17. The maximum absolute atomic E-state index is 10.5. The van der Waals surface area contributed by atoms with E-state index in [2.05, 4.69) is 11.5 Å². The predicted octanol–water partition coefficient (Wildman–Crippen LogP) is 1.23. The van der Waals surface area contributed by atoms with E-state index in [1.807, 2.05) is 6.08 Å². The monoisotopic (exact) mass is 153 g/mol. The molecule has 0 radical (unpaired) electrons. The quantitative estimate of drug-likeness (QED) is 0.447. The maximum atomic E-state index is 10.5. The largest absolute Gasteiger partial charge is 0.302 e. The van der Waals surface area contributed by atoms with Crippen LogP contribution >= 0.6 is 0 Å². The highest BCUT2D eigenvalue weighted by atomic mass is 16.1. The summed E-state index contributed by atoms with van der Waals surface area (Å²) in [5, 5.41) is 0. The van der Waals surface area contributed by atoms with E-state index >= 15 is 0 Å². The Kier molecular flexibility index (Phi) is 3.30. The number of hydrogen-bond donors (Lipinski definition) is 0. The van der Waals surface area contributed by atoms with Gasteiger partial charge < -0.3 is 4.79 Å². The molecule has 1 aliphatic rings. The summed E-state index contributed by atoms with van der Waals surface area (Å²) in [6, 6.07) is 0.190. The summed E-state index contributed by atoms with van der Waals surface area (Å²) in [6.45, 7) is 5.73. The van der Waals surface area contributed by atoms with Crippen molar-refractivity contribution >= 4 is 6.29 Å². The fourth-order valence-corrected chi connectivity index (χ4v) is 1.54. The molecule has 0 N–H and O–H groups in total. The lowest BCUT2D eigenvalue weighted by molar-refractivity contribution is -0.111. The zero-order chi connectivity index (χ0) is 8.10. The molecule has 0 spiro atoms. The zero-order valence-corrected chi connectivity index (χ0v) is 6.83. The smallest absolute Gasteiger partial charge is 0.137 e. The van der Waals surface area contributed by atoms with Crippen LogP contribution < -0.4 is 0 Å². The molecular weight excluding hydrogens is 138 g/mol. The Morgan fingerprint density at radius 3 is 3.09 bits per heavy atom. The summed E-state index contributed by atoms with van der Waals surface area (Å²) in [4.78, 5) is 12.7. The molecule has 0 aromatic heterocycles. The lowest BCUT2D eigenvalue weighted by Crippen LogP contribution is -2.31. The predicted molar refractivity (Wildman–Crippen MR) is 45.5 cm³/mol. The van der Waals surface area contributed by atoms with Crippen molar-refractivity contribution in [2.45, 2.75) is 25.3 Å². The number of hydrogen-bond acceptors (Lipinski definition) is 2. The van der Waals surface area contributed by atoms with Crippen molar-refractivity contribution in [3.63, 3.8) is 0 Å². The fraction of sp³-hybridized carbons (Fsp3) is 0.667. The van der Waals surface area contributed by atoms with E-state index < -0.39 is 0 Å². The Labute approximate surface area is 67.9 Å². The van der Waals surface area contributed by atoms with Gasteiger partial charge in [-0.1, -0.05) is 6.08 Å². The van der Waals surface area contributed by atoms with Crippen LogP contribution in [-0.2, 0) is 4.79 Å². The summed E-state index contributed by atoms with van der Waals surface area (Å²) in [5.74, 6) is 0. The molecule has 62 valence electrons.